The fourth-order valence-electron chi connectivity index (χ4n) is 2.96. The van der Waals surface area contributed by atoms with Gasteiger partial charge in [0, 0.05) is 46.9 Å². The van der Waals surface area contributed by atoms with Crippen LogP contribution in [0.15, 0.2) is 24.4 Å². The number of hydrogen-bond acceptors (Lipinski definition) is 2. The summed E-state index contributed by atoms with van der Waals surface area (Å²) in [4.78, 5) is 14.3. The van der Waals surface area contributed by atoms with Crippen LogP contribution in [-0.2, 0) is 11.3 Å². The van der Waals surface area contributed by atoms with Crippen LogP contribution in [0.1, 0.15) is 23.4 Å². The van der Waals surface area contributed by atoms with Crippen molar-refractivity contribution in [1.82, 2.24) is 14.8 Å². The monoisotopic (exact) mass is 296 g/mol. The first-order valence-corrected chi connectivity index (χ1v) is 7.38. The largest absolute Gasteiger partial charge is 0.370 e. The number of aryl methyl sites for hydroxylation is 3. The summed E-state index contributed by atoms with van der Waals surface area (Å²) >= 11 is 0. The van der Waals surface area contributed by atoms with Gasteiger partial charge in [0.25, 0.3) is 0 Å². The standard InChI is InChI=1S/C17H20N4O/c1-10-4-5-15-13(8-10)14(9-19-15)17-11(2)20-21(12(17)3)7-6-16(18)22/h4-5,8-9,19H,6-7H2,1-3H3,(H2,18,22). The van der Waals surface area contributed by atoms with Crippen LogP contribution in [-0.4, -0.2) is 20.7 Å². The molecule has 3 rings (SSSR count). The van der Waals surface area contributed by atoms with Crippen LogP contribution in [0.2, 0.25) is 0 Å². The van der Waals surface area contributed by atoms with Gasteiger partial charge in [0.2, 0.25) is 5.91 Å². The number of amides is 1. The minimum atomic E-state index is -0.308. The molecule has 114 valence electrons. The van der Waals surface area contributed by atoms with E-state index in [1.54, 1.807) is 0 Å². The van der Waals surface area contributed by atoms with Gasteiger partial charge < -0.3 is 10.7 Å². The molecule has 0 atom stereocenters. The first kappa shape index (κ1) is 14.4. The lowest BCUT2D eigenvalue weighted by Crippen LogP contribution is -2.15. The lowest BCUT2D eigenvalue weighted by Gasteiger charge is -2.04. The summed E-state index contributed by atoms with van der Waals surface area (Å²) < 4.78 is 1.87. The second kappa shape index (κ2) is 5.33. The minimum absolute atomic E-state index is 0.300. The number of hydrogen-bond donors (Lipinski definition) is 2. The Morgan fingerprint density at radius 1 is 1.32 bits per heavy atom. The zero-order valence-electron chi connectivity index (χ0n) is 13.1. The van der Waals surface area contributed by atoms with Crippen LogP contribution in [0.25, 0.3) is 22.0 Å². The molecule has 3 aromatic rings. The molecule has 0 radical (unpaired) electrons. The summed E-state index contributed by atoms with van der Waals surface area (Å²) in [6, 6.07) is 6.37. The Bertz CT molecular complexity index is 857. The highest BCUT2D eigenvalue weighted by Gasteiger charge is 2.17. The van der Waals surface area contributed by atoms with Gasteiger partial charge in [0.15, 0.2) is 0 Å². The van der Waals surface area contributed by atoms with Crippen molar-refractivity contribution in [2.45, 2.75) is 33.7 Å². The van der Waals surface area contributed by atoms with Crippen LogP contribution in [0.4, 0.5) is 0 Å². The van der Waals surface area contributed by atoms with E-state index in [1.165, 1.54) is 10.9 Å². The third kappa shape index (κ3) is 2.39. The number of fused-ring (bicyclic) bond motifs is 1. The normalized spacial score (nSPS) is 11.2. The third-order valence-electron chi connectivity index (χ3n) is 4.06. The first-order valence-electron chi connectivity index (χ1n) is 7.38. The number of carbonyl (C=O) groups is 1. The highest BCUT2D eigenvalue weighted by molar-refractivity contribution is 5.97. The van der Waals surface area contributed by atoms with Gasteiger partial charge in [-0.15, -0.1) is 0 Å². The molecule has 0 fully saturated rings. The van der Waals surface area contributed by atoms with Gasteiger partial charge in [-0.05, 0) is 32.9 Å². The van der Waals surface area contributed by atoms with E-state index in [2.05, 4.69) is 35.2 Å². The van der Waals surface area contributed by atoms with Crippen molar-refractivity contribution >= 4 is 16.8 Å². The Morgan fingerprint density at radius 3 is 2.82 bits per heavy atom. The highest BCUT2D eigenvalue weighted by atomic mass is 16.1. The average molecular weight is 296 g/mol. The highest BCUT2D eigenvalue weighted by Crippen LogP contribution is 2.33. The van der Waals surface area contributed by atoms with E-state index in [1.807, 2.05) is 24.7 Å². The lowest BCUT2D eigenvalue weighted by atomic mass is 10.0. The van der Waals surface area contributed by atoms with Crippen LogP contribution in [0.3, 0.4) is 0 Å². The summed E-state index contributed by atoms with van der Waals surface area (Å²) in [6.07, 6.45) is 2.33. The van der Waals surface area contributed by atoms with E-state index in [0.29, 0.717) is 13.0 Å². The van der Waals surface area contributed by atoms with Crippen LogP contribution >= 0.6 is 0 Å². The molecule has 0 saturated heterocycles. The quantitative estimate of drug-likeness (QED) is 0.776. The second-order valence-electron chi connectivity index (χ2n) is 5.74. The molecule has 0 unspecified atom stereocenters. The Balaban J connectivity index is 2.10. The molecular weight excluding hydrogens is 276 g/mol. The fourth-order valence-corrected chi connectivity index (χ4v) is 2.96. The maximum atomic E-state index is 11.0. The molecule has 1 aromatic carbocycles. The molecule has 0 bridgehead atoms. The fraction of sp³-hybridized carbons (Fsp3) is 0.294. The molecule has 2 heterocycles. The summed E-state index contributed by atoms with van der Waals surface area (Å²) in [5.74, 6) is -0.308. The molecular formula is C17H20N4O. The van der Waals surface area contributed by atoms with Crippen molar-refractivity contribution in [2.24, 2.45) is 5.73 Å². The van der Waals surface area contributed by atoms with Crippen molar-refractivity contribution in [3.05, 3.63) is 41.3 Å². The summed E-state index contributed by atoms with van der Waals surface area (Å²) in [7, 11) is 0. The van der Waals surface area contributed by atoms with E-state index in [-0.39, 0.29) is 5.91 Å². The number of nitrogens with zero attached hydrogens (tertiary/aromatic N) is 2. The molecule has 0 saturated carbocycles. The molecule has 22 heavy (non-hydrogen) atoms. The number of aromatic nitrogens is 3. The van der Waals surface area contributed by atoms with Crippen molar-refractivity contribution in [3.8, 4) is 11.1 Å². The first-order chi connectivity index (χ1) is 10.5. The average Bonchev–Trinajstić information content (AvgIpc) is 2.97. The predicted octanol–water partition coefficient (Wildman–Crippen LogP) is 2.83. The number of aromatic amines is 1. The number of primary amides is 1. The Kier molecular flexibility index (Phi) is 3.48. The maximum absolute atomic E-state index is 11.0. The van der Waals surface area contributed by atoms with Gasteiger partial charge in [-0.1, -0.05) is 11.6 Å². The number of carbonyl (C=O) groups excluding carboxylic acids is 1. The molecule has 0 aliphatic rings. The molecule has 0 aliphatic carbocycles. The van der Waals surface area contributed by atoms with E-state index >= 15 is 0 Å². The molecule has 1 amide bonds. The van der Waals surface area contributed by atoms with Gasteiger partial charge in [-0.2, -0.15) is 5.10 Å². The zero-order chi connectivity index (χ0) is 15.9. The van der Waals surface area contributed by atoms with Gasteiger partial charge in [-0.25, -0.2) is 0 Å². The molecule has 0 aliphatic heterocycles. The number of nitrogens with two attached hydrogens (primary N) is 1. The summed E-state index contributed by atoms with van der Waals surface area (Å²) in [5.41, 5.74) is 11.9. The van der Waals surface area contributed by atoms with Crippen LogP contribution in [0.5, 0.6) is 0 Å². The molecule has 5 heteroatoms. The van der Waals surface area contributed by atoms with Crippen molar-refractivity contribution in [3.63, 3.8) is 0 Å². The SMILES string of the molecule is Cc1ccc2[nH]cc(-c3c(C)nn(CCC(N)=O)c3C)c2c1. The predicted molar refractivity (Wildman–Crippen MR) is 87.5 cm³/mol. The number of nitrogens with one attached hydrogen (secondary N) is 1. The van der Waals surface area contributed by atoms with Crippen molar-refractivity contribution < 1.29 is 4.79 Å². The molecule has 2 aromatic heterocycles. The van der Waals surface area contributed by atoms with Gasteiger partial charge >= 0.3 is 0 Å². The Hall–Kier alpha value is -2.56. The van der Waals surface area contributed by atoms with Crippen LogP contribution in [0, 0.1) is 20.8 Å². The summed E-state index contributed by atoms with van der Waals surface area (Å²) in [6.45, 7) is 6.64. The minimum Gasteiger partial charge on any atom is -0.370 e. The topological polar surface area (TPSA) is 76.7 Å². The van der Waals surface area contributed by atoms with E-state index in [0.717, 1.165) is 28.0 Å². The lowest BCUT2D eigenvalue weighted by molar-refractivity contribution is -0.118. The van der Waals surface area contributed by atoms with Crippen molar-refractivity contribution in [2.75, 3.05) is 0 Å². The Labute approximate surface area is 129 Å². The van der Waals surface area contributed by atoms with Crippen LogP contribution < -0.4 is 5.73 Å². The van der Waals surface area contributed by atoms with E-state index in [4.69, 9.17) is 5.73 Å². The maximum Gasteiger partial charge on any atom is 0.219 e. The van der Waals surface area contributed by atoms with Gasteiger partial charge in [0.1, 0.15) is 0 Å². The second-order valence-corrected chi connectivity index (χ2v) is 5.74. The molecule has 0 spiro atoms. The Morgan fingerprint density at radius 2 is 2.09 bits per heavy atom. The number of rotatable bonds is 4. The van der Waals surface area contributed by atoms with Gasteiger partial charge in [-0.3, -0.25) is 9.48 Å². The zero-order valence-corrected chi connectivity index (χ0v) is 13.1. The van der Waals surface area contributed by atoms with E-state index < -0.39 is 0 Å². The van der Waals surface area contributed by atoms with E-state index in [9.17, 15) is 4.79 Å². The third-order valence-corrected chi connectivity index (χ3v) is 4.06. The van der Waals surface area contributed by atoms with Gasteiger partial charge in [0.05, 0.1) is 5.69 Å². The summed E-state index contributed by atoms with van der Waals surface area (Å²) in [5, 5.41) is 5.76. The van der Waals surface area contributed by atoms with Crippen molar-refractivity contribution in [1.29, 1.82) is 0 Å². The smallest absolute Gasteiger partial charge is 0.219 e. The molecule has 5 nitrogen and oxygen atoms in total. The number of benzene rings is 1. The number of H-pyrrole nitrogens is 1. The molecule has 3 N–H and O–H groups in total.